The van der Waals surface area contributed by atoms with E-state index >= 15 is 0 Å². The Morgan fingerprint density at radius 1 is 1.27 bits per heavy atom. The summed E-state index contributed by atoms with van der Waals surface area (Å²) in [5.41, 5.74) is 4.39. The summed E-state index contributed by atoms with van der Waals surface area (Å²) in [4.78, 5) is 0. The van der Waals surface area contributed by atoms with Crippen LogP contribution < -0.4 is 0 Å². The van der Waals surface area contributed by atoms with Gasteiger partial charge in [-0.25, -0.2) is 0 Å². The van der Waals surface area contributed by atoms with Crippen molar-refractivity contribution in [3.63, 3.8) is 0 Å². The molecule has 2 aliphatic carbocycles. The highest BCUT2D eigenvalue weighted by molar-refractivity contribution is 5.71. The Bertz CT molecular complexity index is 451. The monoisotopic (exact) mass is 200 g/mol. The quantitative estimate of drug-likeness (QED) is 0.734. The largest absolute Gasteiger partial charge is 0.508 e. The number of allylic oxidation sites excluding steroid dienone is 1. The van der Waals surface area contributed by atoms with Crippen LogP contribution in [0.4, 0.5) is 0 Å². The van der Waals surface area contributed by atoms with Crippen LogP contribution in [0.25, 0.3) is 6.08 Å². The smallest absolute Gasteiger partial charge is 0.116 e. The van der Waals surface area contributed by atoms with Gasteiger partial charge >= 0.3 is 0 Å². The van der Waals surface area contributed by atoms with E-state index in [2.05, 4.69) is 26.0 Å². The third-order valence-corrected chi connectivity index (χ3v) is 3.67. The molecule has 78 valence electrons. The highest BCUT2D eigenvalue weighted by Crippen LogP contribution is 2.57. The van der Waals surface area contributed by atoms with Crippen molar-refractivity contribution in [2.45, 2.75) is 38.0 Å². The molecule has 0 aliphatic heterocycles. The number of hydrogen-bond acceptors (Lipinski definition) is 1. The Kier molecular flexibility index (Phi) is 1.60. The maximum atomic E-state index is 9.68. The average Bonchev–Trinajstić information content (AvgIpc) is 2.85. The summed E-state index contributed by atoms with van der Waals surface area (Å²) >= 11 is 0. The highest BCUT2D eigenvalue weighted by atomic mass is 16.3. The van der Waals surface area contributed by atoms with Crippen LogP contribution in [0.1, 0.15) is 49.3 Å². The summed E-state index contributed by atoms with van der Waals surface area (Å²) in [6, 6.07) is 3.83. The van der Waals surface area contributed by atoms with Crippen molar-refractivity contribution in [3.8, 4) is 5.75 Å². The molecule has 1 nitrogen and oxygen atoms in total. The summed E-state index contributed by atoms with van der Waals surface area (Å²) in [6.45, 7) is 4.40. The lowest BCUT2D eigenvalue weighted by atomic mass is 9.87. The molecule has 2 aliphatic rings. The third kappa shape index (κ3) is 1.16. The molecule has 1 aromatic rings. The number of aromatic hydroxyl groups is 1. The van der Waals surface area contributed by atoms with Crippen LogP contribution in [0.15, 0.2) is 18.2 Å². The van der Waals surface area contributed by atoms with E-state index < -0.39 is 0 Å². The Balaban J connectivity index is 2.25. The molecule has 1 aromatic carbocycles. The molecule has 1 heteroatoms. The van der Waals surface area contributed by atoms with Gasteiger partial charge in [-0.2, -0.15) is 0 Å². The van der Waals surface area contributed by atoms with Gasteiger partial charge in [0.25, 0.3) is 0 Å². The van der Waals surface area contributed by atoms with Crippen LogP contribution in [0.5, 0.6) is 5.75 Å². The highest BCUT2D eigenvalue weighted by Gasteiger charge is 2.47. The molecule has 0 unspecified atom stereocenters. The van der Waals surface area contributed by atoms with E-state index in [1.807, 2.05) is 12.1 Å². The van der Waals surface area contributed by atoms with Gasteiger partial charge in [-0.1, -0.05) is 26.0 Å². The number of hydrogen-bond donors (Lipinski definition) is 1. The Hall–Kier alpha value is -1.24. The third-order valence-electron chi connectivity index (χ3n) is 3.67. The minimum absolute atomic E-state index is 0.350. The van der Waals surface area contributed by atoms with Gasteiger partial charge in [0.15, 0.2) is 0 Å². The van der Waals surface area contributed by atoms with Gasteiger partial charge in [0.05, 0.1) is 0 Å². The Labute approximate surface area is 90.4 Å². The zero-order valence-corrected chi connectivity index (χ0v) is 9.25. The first-order valence-electron chi connectivity index (χ1n) is 5.69. The maximum Gasteiger partial charge on any atom is 0.116 e. The molecule has 0 atom stereocenters. The molecule has 0 radical (unpaired) electrons. The molecule has 0 bridgehead atoms. The van der Waals surface area contributed by atoms with Gasteiger partial charge in [0.1, 0.15) is 5.75 Å². The first-order valence-corrected chi connectivity index (χ1v) is 5.69. The van der Waals surface area contributed by atoms with Gasteiger partial charge in [0.2, 0.25) is 0 Å². The molecule has 1 N–H and O–H groups in total. The lowest BCUT2D eigenvalue weighted by Gasteiger charge is -2.17. The van der Waals surface area contributed by atoms with Gasteiger partial charge in [-0.15, -0.1) is 0 Å². The molecular formula is C14H16O. The summed E-state index contributed by atoms with van der Waals surface area (Å²) in [6.07, 6.45) is 7.05. The van der Waals surface area contributed by atoms with E-state index in [4.69, 9.17) is 0 Å². The van der Waals surface area contributed by atoms with Crippen LogP contribution in [0.3, 0.4) is 0 Å². The molecule has 3 rings (SSSR count). The van der Waals surface area contributed by atoms with E-state index in [0.717, 1.165) is 0 Å². The van der Waals surface area contributed by atoms with Gasteiger partial charge in [-0.3, -0.25) is 0 Å². The number of benzene rings is 1. The number of phenols is 1. The van der Waals surface area contributed by atoms with Crippen molar-refractivity contribution in [2.24, 2.45) is 0 Å². The zero-order chi connectivity index (χ0) is 10.6. The first-order chi connectivity index (χ1) is 7.12. The molecule has 0 heterocycles. The summed E-state index contributed by atoms with van der Waals surface area (Å²) in [5, 5.41) is 9.68. The Morgan fingerprint density at radius 3 is 2.60 bits per heavy atom. The average molecular weight is 200 g/mol. The van der Waals surface area contributed by atoms with Crippen molar-refractivity contribution in [1.29, 1.82) is 0 Å². The molecule has 1 fully saturated rings. The van der Waals surface area contributed by atoms with Crippen LogP contribution in [-0.2, 0) is 5.41 Å². The molecule has 0 aromatic heterocycles. The second-order valence-corrected chi connectivity index (χ2v) is 5.14. The predicted octanol–water partition coefficient (Wildman–Crippen LogP) is 3.57. The number of phenolic OH excluding ortho intramolecular Hbond substituents is 1. The van der Waals surface area contributed by atoms with Crippen LogP contribution in [-0.4, -0.2) is 5.11 Å². The zero-order valence-electron chi connectivity index (χ0n) is 9.25. The molecule has 0 amide bonds. The fourth-order valence-corrected chi connectivity index (χ4v) is 2.72. The first kappa shape index (κ1) is 9.02. The summed E-state index contributed by atoms with van der Waals surface area (Å²) in [7, 11) is 0. The SMILES string of the molecule is CC(C)c1cc(O)cc2c1C1(C=C2)CC1. The van der Waals surface area contributed by atoms with Crippen LogP contribution in [0, 0.1) is 0 Å². The fraction of sp³-hybridized carbons (Fsp3) is 0.429. The van der Waals surface area contributed by atoms with Crippen molar-refractivity contribution in [2.75, 3.05) is 0 Å². The molecule has 0 saturated heterocycles. The van der Waals surface area contributed by atoms with E-state index in [1.54, 1.807) is 0 Å². The summed E-state index contributed by atoms with van der Waals surface area (Å²) < 4.78 is 0. The topological polar surface area (TPSA) is 20.2 Å². The number of rotatable bonds is 1. The van der Waals surface area contributed by atoms with Gasteiger partial charge < -0.3 is 5.11 Å². The predicted molar refractivity (Wildman–Crippen MR) is 62.1 cm³/mol. The molecular weight excluding hydrogens is 184 g/mol. The standard InChI is InChI=1S/C14H16O/c1-9(2)12-8-11(15)7-10-3-4-14(5-6-14)13(10)12/h3-4,7-9,15H,5-6H2,1-2H3. The number of fused-ring (bicyclic) bond motifs is 2. The minimum atomic E-state index is 0.350. The molecule has 15 heavy (non-hydrogen) atoms. The maximum absolute atomic E-state index is 9.68. The van der Waals surface area contributed by atoms with E-state index in [-0.39, 0.29) is 0 Å². The van der Waals surface area contributed by atoms with Crippen molar-refractivity contribution in [3.05, 3.63) is 34.9 Å². The van der Waals surface area contributed by atoms with Crippen LogP contribution >= 0.6 is 0 Å². The van der Waals surface area contributed by atoms with E-state index in [1.165, 1.54) is 29.5 Å². The second kappa shape index (κ2) is 2.66. The Morgan fingerprint density at radius 2 is 2.00 bits per heavy atom. The van der Waals surface area contributed by atoms with Crippen molar-refractivity contribution < 1.29 is 5.11 Å². The minimum Gasteiger partial charge on any atom is -0.508 e. The summed E-state index contributed by atoms with van der Waals surface area (Å²) in [5.74, 6) is 0.892. The van der Waals surface area contributed by atoms with Gasteiger partial charge in [0, 0.05) is 5.41 Å². The second-order valence-electron chi connectivity index (χ2n) is 5.14. The van der Waals surface area contributed by atoms with Gasteiger partial charge in [-0.05, 0) is 47.6 Å². The lowest BCUT2D eigenvalue weighted by molar-refractivity contribution is 0.473. The lowest BCUT2D eigenvalue weighted by Crippen LogP contribution is -2.06. The van der Waals surface area contributed by atoms with Crippen LogP contribution in [0.2, 0.25) is 0 Å². The fourth-order valence-electron chi connectivity index (χ4n) is 2.72. The van der Waals surface area contributed by atoms with Crippen molar-refractivity contribution >= 4 is 6.08 Å². The van der Waals surface area contributed by atoms with E-state index in [0.29, 0.717) is 17.1 Å². The molecule has 1 saturated carbocycles. The normalized spacial score (nSPS) is 19.9. The molecule has 1 spiro atoms. The van der Waals surface area contributed by atoms with Crippen molar-refractivity contribution in [1.82, 2.24) is 0 Å². The van der Waals surface area contributed by atoms with E-state index in [9.17, 15) is 5.11 Å².